The molecule has 2 amide bonds. The van der Waals surface area contributed by atoms with Crippen LogP contribution in [0.1, 0.15) is 53.1 Å². The van der Waals surface area contributed by atoms with Gasteiger partial charge in [0.15, 0.2) is 0 Å². The van der Waals surface area contributed by atoms with Gasteiger partial charge in [0.2, 0.25) is 0 Å². The van der Waals surface area contributed by atoms with E-state index in [2.05, 4.69) is 34.6 Å². The number of nitrogens with zero attached hydrogens (tertiary/aromatic N) is 2. The van der Waals surface area contributed by atoms with Crippen LogP contribution >= 0.6 is 0 Å². The Balaban J connectivity index is 1.56. The highest BCUT2D eigenvalue weighted by Gasteiger charge is 2.24. The molecule has 0 unspecified atom stereocenters. The summed E-state index contributed by atoms with van der Waals surface area (Å²) in [5.41, 5.74) is 2.19. The molecule has 1 aliphatic rings. The highest BCUT2D eigenvalue weighted by molar-refractivity contribution is 5.98. The maximum atomic E-state index is 12.9. The number of likely N-dealkylation sites (tertiary alicyclic amines) is 1. The molecular weight excluding hydrogens is 350 g/mol. The molecule has 1 N–H and O–H groups in total. The molecule has 28 heavy (non-hydrogen) atoms. The van der Waals surface area contributed by atoms with Gasteiger partial charge < -0.3 is 10.2 Å². The van der Waals surface area contributed by atoms with Crippen molar-refractivity contribution in [2.75, 3.05) is 19.6 Å². The fourth-order valence-electron chi connectivity index (χ4n) is 3.55. The molecule has 1 aliphatic heterocycles. The van der Waals surface area contributed by atoms with E-state index in [1.165, 1.54) is 5.56 Å². The minimum atomic E-state index is -0.232. The highest BCUT2D eigenvalue weighted by Crippen LogP contribution is 2.23. The third kappa shape index (κ3) is 5.41. The second-order valence-corrected chi connectivity index (χ2v) is 7.96. The SMILES string of the molecule is CC(C)CNC(=O)c1cc(C(=O)N2CCC(Cc3ccccc3)CC2)ccn1. The van der Waals surface area contributed by atoms with Crippen LogP contribution in [0.25, 0.3) is 0 Å². The lowest BCUT2D eigenvalue weighted by atomic mass is 9.90. The first-order valence-corrected chi connectivity index (χ1v) is 10.1. The second kappa shape index (κ2) is 9.49. The normalized spacial score (nSPS) is 14.9. The third-order valence-electron chi connectivity index (χ3n) is 5.18. The zero-order valence-corrected chi connectivity index (χ0v) is 16.7. The summed E-state index contributed by atoms with van der Waals surface area (Å²) in [6.07, 6.45) is 4.62. The van der Waals surface area contributed by atoms with E-state index in [4.69, 9.17) is 0 Å². The number of nitrogens with one attached hydrogen (secondary N) is 1. The van der Waals surface area contributed by atoms with Gasteiger partial charge in [-0.05, 0) is 48.8 Å². The third-order valence-corrected chi connectivity index (χ3v) is 5.18. The van der Waals surface area contributed by atoms with Crippen molar-refractivity contribution in [3.8, 4) is 0 Å². The lowest BCUT2D eigenvalue weighted by Crippen LogP contribution is -2.39. The van der Waals surface area contributed by atoms with E-state index in [1.54, 1.807) is 18.3 Å². The van der Waals surface area contributed by atoms with Crippen LogP contribution in [-0.4, -0.2) is 41.3 Å². The van der Waals surface area contributed by atoms with E-state index in [1.807, 2.05) is 24.8 Å². The van der Waals surface area contributed by atoms with Crippen molar-refractivity contribution >= 4 is 11.8 Å². The molecule has 3 rings (SSSR count). The molecule has 2 aromatic rings. The Morgan fingerprint density at radius 3 is 2.54 bits per heavy atom. The minimum Gasteiger partial charge on any atom is -0.350 e. The van der Waals surface area contributed by atoms with Crippen molar-refractivity contribution in [2.45, 2.75) is 33.1 Å². The van der Waals surface area contributed by atoms with Crippen LogP contribution < -0.4 is 5.32 Å². The number of amides is 2. The van der Waals surface area contributed by atoms with Crippen LogP contribution in [0.2, 0.25) is 0 Å². The zero-order chi connectivity index (χ0) is 19.9. The molecule has 0 atom stereocenters. The van der Waals surface area contributed by atoms with E-state index < -0.39 is 0 Å². The van der Waals surface area contributed by atoms with Gasteiger partial charge in [-0.15, -0.1) is 0 Å². The predicted octanol–water partition coefficient (Wildman–Crippen LogP) is 3.56. The summed E-state index contributed by atoms with van der Waals surface area (Å²) in [5.74, 6) is 0.732. The van der Waals surface area contributed by atoms with Gasteiger partial charge in [0, 0.05) is 31.4 Å². The fourth-order valence-corrected chi connectivity index (χ4v) is 3.55. The Bertz CT molecular complexity index is 797. The summed E-state index contributed by atoms with van der Waals surface area (Å²) in [7, 11) is 0. The van der Waals surface area contributed by atoms with Crippen LogP contribution in [0, 0.1) is 11.8 Å². The van der Waals surface area contributed by atoms with Crippen molar-refractivity contribution in [2.24, 2.45) is 11.8 Å². The number of hydrogen-bond acceptors (Lipinski definition) is 3. The van der Waals surface area contributed by atoms with Crippen molar-refractivity contribution in [3.05, 3.63) is 65.5 Å². The molecule has 1 aromatic heterocycles. The molecule has 5 nitrogen and oxygen atoms in total. The molecule has 0 bridgehead atoms. The summed E-state index contributed by atoms with van der Waals surface area (Å²) in [5, 5.41) is 2.85. The molecule has 2 heterocycles. The van der Waals surface area contributed by atoms with Gasteiger partial charge in [0.1, 0.15) is 5.69 Å². The molecule has 1 fully saturated rings. The van der Waals surface area contributed by atoms with Gasteiger partial charge in [-0.25, -0.2) is 0 Å². The Morgan fingerprint density at radius 2 is 1.86 bits per heavy atom. The topological polar surface area (TPSA) is 62.3 Å². The first kappa shape index (κ1) is 20.1. The molecule has 1 aromatic carbocycles. The van der Waals surface area contributed by atoms with Gasteiger partial charge in [-0.1, -0.05) is 44.2 Å². The number of carbonyl (C=O) groups is 2. The molecule has 5 heteroatoms. The summed E-state index contributed by atoms with van der Waals surface area (Å²) < 4.78 is 0. The second-order valence-electron chi connectivity index (χ2n) is 7.96. The average molecular weight is 380 g/mol. The molecule has 0 radical (unpaired) electrons. The van der Waals surface area contributed by atoms with E-state index in [9.17, 15) is 9.59 Å². The first-order chi connectivity index (χ1) is 13.5. The molecule has 0 spiro atoms. The zero-order valence-electron chi connectivity index (χ0n) is 16.7. The van der Waals surface area contributed by atoms with Crippen molar-refractivity contribution < 1.29 is 9.59 Å². The van der Waals surface area contributed by atoms with Crippen LogP contribution in [0.5, 0.6) is 0 Å². The van der Waals surface area contributed by atoms with Gasteiger partial charge in [0.25, 0.3) is 11.8 Å². The number of rotatable bonds is 6. The Labute approximate surface area is 167 Å². The fraction of sp³-hybridized carbons (Fsp3) is 0.435. The quantitative estimate of drug-likeness (QED) is 0.835. The van der Waals surface area contributed by atoms with Crippen LogP contribution in [0.3, 0.4) is 0 Å². The maximum absolute atomic E-state index is 12.9. The molecule has 148 valence electrons. The molecular formula is C23H29N3O2. The average Bonchev–Trinajstić information content (AvgIpc) is 2.73. The lowest BCUT2D eigenvalue weighted by molar-refractivity contribution is 0.0690. The largest absolute Gasteiger partial charge is 0.350 e. The number of hydrogen-bond donors (Lipinski definition) is 1. The summed E-state index contributed by atoms with van der Waals surface area (Å²) in [6, 6.07) is 13.8. The highest BCUT2D eigenvalue weighted by atomic mass is 16.2. The van der Waals surface area contributed by atoms with Crippen molar-refractivity contribution in [3.63, 3.8) is 0 Å². The van der Waals surface area contributed by atoms with Crippen LogP contribution in [-0.2, 0) is 6.42 Å². The number of benzene rings is 1. The van der Waals surface area contributed by atoms with E-state index in [0.717, 1.165) is 32.4 Å². The number of pyridine rings is 1. The van der Waals surface area contributed by atoms with Gasteiger partial charge in [-0.3, -0.25) is 14.6 Å². The Hall–Kier alpha value is -2.69. The molecule has 0 saturated carbocycles. The van der Waals surface area contributed by atoms with E-state index >= 15 is 0 Å². The summed E-state index contributed by atoms with van der Waals surface area (Å²) >= 11 is 0. The maximum Gasteiger partial charge on any atom is 0.269 e. The Kier molecular flexibility index (Phi) is 6.80. The van der Waals surface area contributed by atoms with Gasteiger partial charge in [0.05, 0.1) is 0 Å². The molecule has 1 saturated heterocycles. The van der Waals surface area contributed by atoms with Crippen LogP contribution in [0.15, 0.2) is 48.7 Å². The first-order valence-electron chi connectivity index (χ1n) is 10.1. The smallest absolute Gasteiger partial charge is 0.269 e. The predicted molar refractivity (Wildman–Crippen MR) is 110 cm³/mol. The van der Waals surface area contributed by atoms with Crippen molar-refractivity contribution in [1.82, 2.24) is 15.2 Å². The van der Waals surface area contributed by atoms with Gasteiger partial charge >= 0.3 is 0 Å². The number of piperidine rings is 1. The lowest BCUT2D eigenvalue weighted by Gasteiger charge is -2.32. The van der Waals surface area contributed by atoms with Crippen molar-refractivity contribution in [1.29, 1.82) is 0 Å². The summed E-state index contributed by atoms with van der Waals surface area (Å²) in [4.78, 5) is 31.1. The monoisotopic (exact) mass is 379 g/mol. The standard InChI is InChI=1S/C23H29N3O2/c1-17(2)16-25-22(27)21-15-20(8-11-24-21)23(28)26-12-9-19(10-13-26)14-18-6-4-3-5-7-18/h3-8,11,15,17,19H,9-10,12-14,16H2,1-2H3,(H,25,27). The molecule has 0 aliphatic carbocycles. The number of aromatic nitrogens is 1. The van der Waals surface area contributed by atoms with E-state index in [-0.39, 0.29) is 11.8 Å². The van der Waals surface area contributed by atoms with Gasteiger partial charge in [-0.2, -0.15) is 0 Å². The number of carbonyl (C=O) groups excluding carboxylic acids is 2. The van der Waals surface area contributed by atoms with E-state index in [0.29, 0.717) is 29.6 Å². The summed E-state index contributed by atoms with van der Waals surface area (Å²) in [6.45, 7) is 6.18. The van der Waals surface area contributed by atoms with Crippen LogP contribution in [0.4, 0.5) is 0 Å². The Morgan fingerprint density at radius 1 is 1.14 bits per heavy atom. The minimum absolute atomic E-state index is 0.0153.